The molecule has 1 fully saturated rings. The lowest BCUT2D eigenvalue weighted by Gasteiger charge is -2.30. The number of hydrogen-bond donors (Lipinski definition) is 1. The Labute approximate surface area is 113 Å². The molecule has 0 aromatic carbocycles. The van der Waals surface area contributed by atoms with Crippen LogP contribution in [0.15, 0.2) is 23.2 Å². The van der Waals surface area contributed by atoms with Crippen molar-refractivity contribution in [2.45, 2.75) is 23.8 Å². The van der Waals surface area contributed by atoms with Crippen LogP contribution >= 0.6 is 0 Å². The molecule has 0 spiro atoms. The van der Waals surface area contributed by atoms with E-state index in [1.54, 1.807) is 7.05 Å². The van der Waals surface area contributed by atoms with Gasteiger partial charge in [0.15, 0.2) is 0 Å². The molecule has 0 saturated carbocycles. The SMILES string of the molecule is CN(C1CCCNC1)S(=O)(=O)c1ccc(C#N)nc1. The zero-order chi connectivity index (χ0) is 13.9. The van der Waals surface area contributed by atoms with E-state index in [0.717, 1.165) is 19.4 Å². The Morgan fingerprint density at radius 3 is 2.84 bits per heavy atom. The number of nitrogens with one attached hydrogen (secondary N) is 1. The largest absolute Gasteiger partial charge is 0.315 e. The maximum Gasteiger partial charge on any atom is 0.244 e. The average molecular weight is 280 g/mol. The minimum atomic E-state index is -3.54. The highest BCUT2D eigenvalue weighted by Crippen LogP contribution is 2.19. The first kappa shape index (κ1) is 13.9. The zero-order valence-electron chi connectivity index (χ0n) is 10.7. The summed E-state index contributed by atoms with van der Waals surface area (Å²) < 4.78 is 26.2. The Bertz CT molecular complexity index is 571. The van der Waals surface area contributed by atoms with Gasteiger partial charge >= 0.3 is 0 Å². The van der Waals surface area contributed by atoms with E-state index >= 15 is 0 Å². The lowest BCUT2D eigenvalue weighted by molar-refractivity contribution is 0.300. The number of nitrogens with zero attached hydrogens (tertiary/aromatic N) is 3. The summed E-state index contributed by atoms with van der Waals surface area (Å²) in [5.41, 5.74) is 0.209. The summed E-state index contributed by atoms with van der Waals surface area (Å²) >= 11 is 0. The highest BCUT2D eigenvalue weighted by molar-refractivity contribution is 7.89. The molecule has 1 atom stereocenters. The second-order valence-corrected chi connectivity index (χ2v) is 6.51. The third-order valence-electron chi connectivity index (χ3n) is 3.31. The molecule has 1 aromatic heterocycles. The Balaban J connectivity index is 2.22. The summed E-state index contributed by atoms with van der Waals surface area (Å²) in [6.07, 6.45) is 3.06. The van der Waals surface area contributed by atoms with Gasteiger partial charge in [-0.3, -0.25) is 0 Å². The smallest absolute Gasteiger partial charge is 0.244 e. The van der Waals surface area contributed by atoms with Crippen molar-refractivity contribution in [3.8, 4) is 6.07 Å². The molecule has 6 nitrogen and oxygen atoms in total. The van der Waals surface area contributed by atoms with Crippen LogP contribution in [-0.2, 0) is 10.0 Å². The van der Waals surface area contributed by atoms with Crippen molar-refractivity contribution >= 4 is 10.0 Å². The molecule has 2 rings (SSSR count). The molecule has 1 unspecified atom stereocenters. The summed E-state index contributed by atoms with van der Waals surface area (Å²) in [4.78, 5) is 3.93. The highest BCUT2D eigenvalue weighted by atomic mass is 32.2. The fraction of sp³-hybridized carbons (Fsp3) is 0.500. The van der Waals surface area contributed by atoms with Crippen LogP contribution in [0.4, 0.5) is 0 Å². The summed E-state index contributed by atoms with van der Waals surface area (Å²) in [6.45, 7) is 1.60. The molecule has 2 heterocycles. The molecule has 1 aliphatic heterocycles. The molecule has 1 N–H and O–H groups in total. The molecule has 1 aliphatic rings. The van der Waals surface area contributed by atoms with Crippen LogP contribution in [0.2, 0.25) is 0 Å². The number of likely N-dealkylation sites (N-methyl/N-ethyl adjacent to an activating group) is 1. The quantitative estimate of drug-likeness (QED) is 0.862. The van der Waals surface area contributed by atoms with Crippen molar-refractivity contribution < 1.29 is 8.42 Å². The monoisotopic (exact) mass is 280 g/mol. The topological polar surface area (TPSA) is 86.1 Å². The Morgan fingerprint density at radius 2 is 2.32 bits per heavy atom. The Morgan fingerprint density at radius 1 is 1.53 bits per heavy atom. The van der Waals surface area contributed by atoms with E-state index in [1.165, 1.54) is 22.6 Å². The first-order chi connectivity index (χ1) is 9.05. The van der Waals surface area contributed by atoms with Crippen molar-refractivity contribution in [3.63, 3.8) is 0 Å². The van der Waals surface area contributed by atoms with Crippen LogP contribution in [-0.4, -0.2) is 43.9 Å². The first-order valence-electron chi connectivity index (χ1n) is 6.10. The molecular weight excluding hydrogens is 264 g/mol. The second kappa shape index (κ2) is 5.65. The normalized spacial score (nSPS) is 20.2. The van der Waals surface area contributed by atoms with Gasteiger partial charge in [0.2, 0.25) is 10.0 Å². The van der Waals surface area contributed by atoms with Gasteiger partial charge in [-0.15, -0.1) is 0 Å². The van der Waals surface area contributed by atoms with Crippen molar-refractivity contribution in [3.05, 3.63) is 24.0 Å². The maximum absolute atomic E-state index is 12.4. The van der Waals surface area contributed by atoms with Gasteiger partial charge in [-0.1, -0.05) is 0 Å². The standard InChI is InChI=1S/C12H16N4O2S/c1-16(11-3-2-6-14-8-11)19(17,18)12-5-4-10(7-13)15-9-12/h4-5,9,11,14H,2-3,6,8H2,1H3. The van der Waals surface area contributed by atoms with Crippen LogP contribution in [0.1, 0.15) is 18.5 Å². The number of sulfonamides is 1. The Hall–Kier alpha value is -1.49. The van der Waals surface area contributed by atoms with E-state index in [4.69, 9.17) is 5.26 Å². The number of pyridine rings is 1. The number of piperidine rings is 1. The molecule has 7 heteroatoms. The van der Waals surface area contributed by atoms with Crippen molar-refractivity contribution in [2.24, 2.45) is 0 Å². The van der Waals surface area contributed by atoms with E-state index in [1.807, 2.05) is 6.07 Å². The molecule has 19 heavy (non-hydrogen) atoms. The van der Waals surface area contributed by atoms with E-state index in [9.17, 15) is 8.42 Å². The molecule has 102 valence electrons. The van der Waals surface area contributed by atoms with Gasteiger partial charge in [0, 0.05) is 25.8 Å². The summed E-state index contributed by atoms with van der Waals surface area (Å²) in [7, 11) is -1.95. The van der Waals surface area contributed by atoms with Crippen LogP contribution in [0.3, 0.4) is 0 Å². The molecule has 0 radical (unpaired) electrons. The lowest BCUT2D eigenvalue weighted by Crippen LogP contribution is -2.46. The van der Waals surface area contributed by atoms with E-state index in [-0.39, 0.29) is 16.6 Å². The molecular formula is C12H16N4O2S. The number of nitriles is 1. The van der Waals surface area contributed by atoms with Crippen LogP contribution in [0, 0.1) is 11.3 Å². The van der Waals surface area contributed by atoms with E-state index < -0.39 is 10.0 Å². The van der Waals surface area contributed by atoms with Crippen LogP contribution in [0.5, 0.6) is 0 Å². The molecule has 0 amide bonds. The van der Waals surface area contributed by atoms with Gasteiger partial charge in [-0.05, 0) is 31.5 Å². The summed E-state index contributed by atoms with van der Waals surface area (Å²) in [6, 6.07) is 4.68. The fourth-order valence-corrected chi connectivity index (χ4v) is 3.44. The van der Waals surface area contributed by atoms with Crippen molar-refractivity contribution in [1.29, 1.82) is 5.26 Å². The molecule has 0 aliphatic carbocycles. The lowest BCUT2D eigenvalue weighted by atomic mass is 10.1. The van der Waals surface area contributed by atoms with Crippen molar-refractivity contribution in [2.75, 3.05) is 20.1 Å². The third kappa shape index (κ3) is 2.92. The highest BCUT2D eigenvalue weighted by Gasteiger charge is 2.29. The van der Waals surface area contributed by atoms with Gasteiger partial charge in [-0.2, -0.15) is 9.57 Å². The molecule has 1 saturated heterocycles. The summed E-state index contributed by atoms with van der Waals surface area (Å²) in [5.74, 6) is 0. The third-order valence-corrected chi connectivity index (χ3v) is 5.21. The predicted octanol–water partition coefficient (Wildman–Crippen LogP) is 0.326. The van der Waals surface area contributed by atoms with Gasteiger partial charge in [0.25, 0.3) is 0 Å². The minimum absolute atomic E-state index is 0.0330. The van der Waals surface area contributed by atoms with Crippen LogP contribution < -0.4 is 5.32 Å². The van der Waals surface area contributed by atoms with Crippen LogP contribution in [0.25, 0.3) is 0 Å². The number of hydrogen-bond acceptors (Lipinski definition) is 5. The average Bonchev–Trinajstić information content (AvgIpc) is 2.47. The van der Waals surface area contributed by atoms with E-state index in [2.05, 4.69) is 10.3 Å². The maximum atomic E-state index is 12.4. The first-order valence-corrected chi connectivity index (χ1v) is 7.54. The summed E-state index contributed by atoms with van der Waals surface area (Å²) in [5, 5.41) is 11.9. The second-order valence-electron chi connectivity index (χ2n) is 4.51. The zero-order valence-corrected chi connectivity index (χ0v) is 11.5. The van der Waals surface area contributed by atoms with Gasteiger partial charge in [0.05, 0.1) is 0 Å². The number of aromatic nitrogens is 1. The van der Waals surface area contributed by atoms with Crippen molar-refractivity contribution in [1.82, 2.24) is 14.6 Å². The Kier molecular flexibility index (Phi) is 4.14. The van der Waals surface area contributed by atoms with E-state index in [0.29, 0.717) is 6.54 Å². The molecule has 0 bridgehead atoms. The molecule has 1 aromatic rings. The fourth-order valence-electron chi connectivity index (χ4n) is 2.11. The van der Waals surface area contributed by atoms with Gasteiger partial charge in [-0.25, -0.2) is 13.4 Å². The predicted molar refractivity (Wildman–Crippen MR) is 69.8 cm³/mol. The van der Waals surface area contributed by atoms with Gasteiger partial charge < -0.3 is 5.32 Å². The minimum Gasteiger partial charge on any atom is -0.315 e. The number of rotatable bonds is 3. The van der Waals surface area contributed by atoms with Gasteiger partial charge in [0.1, 0.15) is 16.7 Å².